The van der Waals surface area contributed by atoms with Gasteiger partial charge in [0.2, 0.25) is 0 Å². The van der Waals surface area contributed by atoms with Gasteiger partial charge < -0.3 is 14.1 Å². The van der Waals surface area contributed by atoms with E-state index in [1.165, 1.54) is 0 Å². The average molecular weight is 283 g/mol. The van der Waals surface area contributed by atoms with Crippen LogP contribution in [0.1, 0.15) is 13.8 Å². The second kappa shape index (κ2) is 5.93. The summed E-state index contributed by atoms with van der Waals surface area (Å²) in [5.74, 6) is -0.0923. The van der Waals surface area contributed by atoms with Crippen molar-refractivity contribution in [1.82, 2.24) is 9.88 Å². The van der Waals surface area contributed by atoms with Crippen molar-refractivity contribution in [3.63, 3.8) is 0 Å². The molecule has 1 heterocycles. The molecular weight excluding hydrogens is 268 g/mol. The Hall–Kier alpha value is -1.75. The molecule has 6 heteroatoms. The number of nitrogens with zero attached hydrogens (tertiary/aromatic N) is 2. The van der Waals surface area contributed by atoms with E-state index in [0.29, 0.717) is 29.2 Å². The lowest BCUT2D eigenvalue weighted by molar-refractivity contribution is -0.133. The van der Waals surface area contributed by atoms with Crippen molar-refractivity contribution >= 4 is 28.6 Å². The summed E-state index contributed by atoms with van der Waals surface area (Å²) in [5.41, 5.74) is 1.19. The molecule has 1 aromatic carbocycles. The van der Waals surface area contributed by atoms with E-state index in [1.54, 1.807) is 23.1 Å². The Balaban J connectivity index is 2.03. The summed E-state index contributed by atoms with van der Waals surface area (Å²) in [5, 5.41) is 0.564. The molecule has 0 aliphatic carbocycles. The van der Waals surface area contributed by atoms with Crippen LogP contribution in [-0.4, -0.2) is 35.5 Å². The van der Waals surface area contributed by atoms with Crippen LogP contribution in [0, 0.1) is 0 Å². The first-order valence-corrected chi connectivity index (χ1v) is 6.48. The Morgan fingerprint density at radius 3 is 2.84 bits per heavy atom. The molecule has 2 rings (SSSR count). The standard InChI is InChI=1S/C13H15ClN2O3/c1-3-16(4-2)12(17)8-18-13-15-10-6-5-9(14)7-11(10)19-13/h5-7H,3-4,8H2,1-2H3. The maximum atomic E-state index is 11.8. The van der Waals surface area contributed by atoms with Gasteiger partial charge in [-0.25, -0.2) is 0 Å². The minimum Gasteiger partial charge on any atom is -0.440 e. The molecule has 0 radical (unpaired) electrons. The fourth-order valence-electron chi connectivity index (χ4n) is 1.73. The fourth-order valence-corrected chi connectivity index (χ4v) is 1.89. The van der Waals surface area contributed by atoms with Crippen LogP contribution in [0.2, 0.25) is 5.02 Å². The summed E-state index contributed by atoms with van der Waals surface area (Å²) in [4.78, 5) is 17.6. The zero-order valence-electron chi connectivity index (χ0n) is 10.9. The van der Waals surface area contributed by atoms with Crippen LogP contribution in [-0.2, 0) is 4.79 Å². The number of hydrogen-bond donors (Lipinski definition) is 0. The maximum absolute atomic E-state index is 11.8. The molecule has 1 amide bonds. The molecule has 0 unspecified atom stereocenters. The molecule has 0 fully saturated rings. The van der Waals surface area contributed by atoms with Gasteiger partial charge in [-0.15, -0.1) is 0 Å². The Labute approximate surface area is 116 Å². The minimum atomic E-state index is -0.0923. The third-order valence-corrected chi connectivity index (χ3v) is 3.00. The smallest absolute Gasteiger partial charge is 0.395 e. The van der Waals surface area contributed by atoms with Crippen LogP contribution in [0.3, 0.4) is 0 Å². The van der Waals surface area contributed by atoms with Gasteiger partial charge in [0, 0.05) is 24.2 Å². The molecule has 0 saturated heterocycles. The van der Waals surface area contributed by atoms with Gasteiger partial charge in [0.25, 0.3) is 5.91 Å². The Morgan fingerprint density at radius 2 is 2.16 bits per heavy atom. The summed E-state index contributed by atoms with van der Waals surface area (Å²) in [7, 11) is 0. The van der Waals surface area contributed by atoms with Crippen LogP contribution < -0.4 is 4.74 Å². The highest BCUT2D eigenvalue weighted by Crippen LogP contribution is 2.23. The van der Waals surface area contributed by atoms with Crippen molar-refractivity contribution in [2.75, 3.05) is 19.7 Å². The number of benzene rings is 1. The van der Waals surface area contributed by atoms with Gasteiger partial charge in [-0.2, -0.15) is 4.98 Å². The number of halogens is 1. The van der Waals surface area contributed by atoms with E-state index in [0.717, 1.165) is 0 Å². The van der Waals surface area contributed by atoms with E-state index in [4.69, 9.17) is 20.8 Å². The monoisotopic (exact) mass is 282 g/mol. The average Bonchev–Trinajstić information content (AvgIpc) is 2.79. The highest BCUT2D eigenvalue weighted by Gasteiger charge is 2.13. The lowest BCUT2D eigenvalue weighted by Gasteiger charge is -2.17. The molecule has 0 aliphatic heterocycles. The topological polar surface area (TPSA) is 55.6 Å². The molecular formula is C13H15ClN2O3. The minimum absolute atomic E-state index is 0.0811. The molecule has 0 spiro atoms. The van der Waals surface area contributed by atoms with Crippen LogP contribution in [0.5, 0.6) is 6.08 Å². The van der Waals surface area contributed by atoms with Gasteiger partial charge in [-0.3, -0.25) is 4.79 Å². The zero-order chi connectivity index (χ0) is 13.8. The number of fused-ring (bicyclic) bond motifs is 1. The third kappa shape index (κ3) is 3.17. The number of amides is 1. The number of oxazole rings is 1. The molecule has 0 saturated carbocycles. The molecule has 1 aromatic heterocycles. The first-order valence-electron chi connectivity index (χ1n) is 6.10. The number of ether oxygens (including phenoxy) is 1. The Kier molecular flexibility index (Phi) is 4.27. The van der Waals surface area contributed by atoms with Gasteiger partial charge in [-0.1, -0.05) is 11.6 Å². The fraction of sp³-hybridized carbons (Fsp3) is 0.385. The Bertz CT molecular complexity index is 578. The highest BCUT2D eigenvalue weighted by molar-refractivity contribution is 6.31. The molecule has 0 bridgehead atoms. The molecule has 19 heavy (non-hydrogen) atoms. The molecule has 0 N–H and O–H groups in total. The molecule has 0 aliphatic rings. The summed E-state index contributed by atoms with van der Waals surface area (Å²) >= 11 is 5.85. The van der Waals surface area contributed by atoms with Gasteiger partial charge >= 0.3 is 6.08 Å². The molecule has 0 atom stereocenters. The van der Waals surface area contributed by atoms with E-state index >= 15 is 0 Å². The molecule has 102 valence electrons. The number of carbonyl (C=O) groups is 1. The second-order valence-corrected chi connectivity index (χ2v) is 4.38. The van der Waals surface area contributed by atoms with Gasteiger partial charge in [0.05, 0.1) is 0 Å². The van der Waals surface area contributed by atoms with Gasteiger partial charge in [0.1, 0.15) is 5.52 Å². The molecule has 5 nitrogen and oxygen atoms in total. The Morgan fingerprint density at radius 1 is 1.42 bits per heavy atom. The quantitative estimate of drug-likeness (QED) is 0.846. The SMILES string of the molecule is CCN(CC)C(=O)COc1nc2ccc(Cl)cc2o1. The first-order chi connectivity index (χ1) is 9.13. The van der Waals surface area contributed by atoms with Crippen molar-refractivity contribution in [3.8, 4) is 6.08 Å². The van der Waals surface area contributed by atoms with E-state index < -0.39 is 0 Å². The first kappa shape index (κ1) is 13.7. The maximum Gasteiger partial charge on any atom is 0.395 e. The lowest BCUT2D eigenvalue weighted by Crippen LogP contribution is -2.34. The van der Waals surface area contributed by atoms with Crippen molar-refractivity contribution in [2.45, 2.75) is 13.8 Å². The van der Waals surface area contributed by atoms with E-state index in [9.17, 15) is 4.79 Å². The number of carbonyl (C=O) groups excluding carboxylic acids is 1. The van der Waals surface area contributed by atoms with E-state index in [-0.39, 0.29) is 18.6 Å². The molecule has 2 aromatic rings. The van der Waals surface area contributed by atoms with Crippen molar-refractivity contribution < 1.29 is 13.9 Å². The summed E-state index contributed by atoms with van der Waals surface area (Å²) in [6.07, 6.45) is 0.0813. The summed E-state index contributed by atoms with van der Waals surface area (Å²) in [6, 6.07) is 5.11. The summed E-state index contributed by atoms with van der Waals surface area (Å²) < 4.78 is 10.6. The van der Waals surface area contributed by atoms with Crippen LogP contribution in [0.15, 0.2) is 22.6 Å². The van der Waals surface area contributed by atoms with Gasteiger partial charge in [-0.05, 0) is 26.0 Å². The lowest BCUT2D eigenvalue weighted by atomic mass is 10.3. The van der Waals surface area contributed by atoms with Crippen molar-refractivity contribution in [3.05, 3.63) is 23.2 Å². The predicted octanol–water partition coefficient (Wildman–Crippen LogP) is 2.73. The number of hydrogen-bond acceptors (Lipinski definition) is 4. The second-order valence-electron chi connectivity index (χ2n) is 3.95. The predicted molar refractivity (Wildman–Crippen MR) is 72.4 cm³/mol. The number of likely N-dealkylation sites (N-methyl/N-ethyl adjacent to an activating group) is 1. The van der Waals surface area contributed by atoms with Crippen LogP contribution in [0.25, 0.3) is 11.1 Å². The van der Waals surface area contributed by atoms with Crippen LogP contribution in [0.4, 0.5) is 0 Å². The van der Waals surface area contributed by atoms with Crippen molar-refractivity contribution in [1.29, 1.82) is 0 Å². The van der Waals surface area contributed by atoms with Crippen molar-refractivity contribution in [2.24, 2.45) is 0 Å². The van der Waals surface area contributed by atoms with E-state index in [1.807, 2.05) is 13.8 Å². The summed E-state index contributed by atoms with van der Waals surface area (Å²) in [6.45, 7) is 5.07. The number of rotatable bonds is 5. The highest BCUT2D eigenvalue weighted by atomic mass is 35.5. The zero-order valence-corrected chi connectivity index (χ0v) is 11.6. The van der Waals surface area contributed by atoms with E-state index in [2.05, 4.69) is 4.98 Å². The number of aromatic nitrogens is 1. The largest absolute Gasteiger partial charge is 0.440 e. The third-order valence-electron chi connectivity index (χ3n) is 2.77. The van der Waals surface area contributed by atoms with Crippen LogP contribution >= 0.6 is 11.6 Å². The van der Waals surface area contributed by atoms with Gasteiger partial charge in [0.15, 0.2) is 12.2 Å². The normalized spacial score (nSPS) is 10.7.